The summed E-state index contributed by atoms with van der Waals surface area (Å²) in [6.07, 6.45) is 4.65. The Balaban J connectivity index is 1.87. The molecule has 0 unspecified atom stereocenters. The van der Waals surface area contributed by atoms with Crippen LogP contribution in [0.1, 0.15) is 67.9 Å². The number of methoxy groups -OCH3 is 1. The van der Waals surface area contributed by atoms with E-state index in [0.29, 0.717) is 30.1 Å². The molecule has 0 saturated heterocycles. The smallest absolute Gasteiger partial charge is 0.342 e. The first-order valence-corrected chi connectivity index (χ1v) is 13.1. The van der Waals surface area contributed by atoms with E-state index in [1.807, 2.05) is 45.0 Å². The van der Waals surface area contributed by atoms with Gasteiger partial charge in [0, 0.05) is 26.5 Å². The van der Waals surface area contributed by atoms with Crippen LogP contribution in [-0.4, -0.2) is 31.1 Å². The average molecular weight is 594 g/mol. The molecule has 0 aromatic heterocycles. The van der Waals surface area contributed by atoms with Crippen LogP contribution < -0.4 is 9.47 Å². The number of rotatable bonds is 11. The summed E-state index contributed by atoms with van der Waals surface area (Å²) in [6, 6.07) is 9.25. The van der Waals surface area contributed by atoms with Crippen molar-refractivity contribution in [1.82, 2.24) is 0 Å². The number of aryl methyl sites for hydroxylation is 1. The Morgan fingerprint density at radius 1 is 1.23 bits per heavy atom. The van der Waals surface area contributed by atoms with Gasteiger partial charge in [0.2, 0.25) is 5.79 Å². The number of halogens is 1. The molecule has 190 valence electrons. The molecule has 7 heteroatoms. The van der Waals surface area contributed by atoms with Gasteiger partial charge in [-0.1, -0.05) is 38.0 Å². The van der Waals surface area contributed by atoms with Gasteiger partial charge in [-0.05, 0) is 66.1 Å². The van der Waals surface area contributed by atoms with E-state index in [1.54, 1.807) is 19.3 Å². The molecule has 0 bridgehead atoms. The first kappa shape index (κ1) is 27.5. The average Bonchev–Trinajstić information content (AvgIpc) is 2.81. The number of carbonyl (C=O) groups excluding carboxylic acids is 1. The second kappa shape index (κ2) is 12.2. The molecule has 2 aromatic rings. The molecule has 0 fully saturated rings. The number of esters is 1. The SMILES string of the molecule is C=C[C@@H](OC)[C@H](CCCCC)OC(=O)c1c(C)cccc1Oc1ccc2c(c1I)COC(C)(C)O2. The Labute approximate surface area is 222 Å². The van der Waals surface area contributed by atoms with E-state index >= 15 is 0 Å². The van der Waals surface area contributed by atoms with E-state index in [4.69, 9.17) is 23.7 Å². The Hall–Kier alpha value is -2.10. The van der Waals surface area contributed by atoms with E-state index < -0.39 is 17.9 Å². The molecule has 35 heavy (non-hydrogen) atoms. The van der Waals surface area contributed by atoms with Gasteiger partial charge in [0.05, 0.1) is 10.2 Å². The summed E-state index contributed by atoms with van der Waals surface area (Å²) in [7, 11) is 1.60. The zero-order valence-corrected chi connectivity index (χ0v) is 23.3. The van der Waals surface area contributed by atoms with Crippen LogP contribution in [-0.2, 0) is 20.8 Å². The lowest BCUT2D eigenvalue weighted by molar-refractivity contribution is -0.180. The van der Waals surface area contributed by atoms with Gasteiger partial charge in [0.25, 0.3) is 0 Å². The first-order chi connectivity index (χ1) is 16.7. The van der Waals surface area contributed by atoms with Gasteiger partial charge in [0.1, 0.15) is 35.0 Å². The normalized spacial score (nSPS) is 15.9. The minimum atomic E-state index is -0.676. The predicted octanol–water partition coefficient (Wildman–Crippen LogP) is 7.34. The summed E-state index contributed by atoms with van der Waals surface area (Å²) >= 11 is 2.23. The predicted molar refractivity (Wildman–Crippen MR) is 144 cm³/mol. The van der Waals surface area contributed by atoms with Crippen LogP contribution >= 0.6 is 22.6 Å². The van der Waals surface area contributed by atoms with Crippen LogP contribution in [0.3, 0.4) is 0 Å². The van der Waals surface area contributed by atoms with Crippen molar-refractivity contribution < 1.29 is 28.5 Å². The molecular formula is C28H35IO6. The molecule has 0 aliphatic carbocycles. The fraction of sp³-hybridized carbons (Fsp3) is 0.464. The van der Waals surface area contributed by atoms with Gasteiger partial charge >= 0.3 is 5.97 Å². The molecule has 0 saturated carbocycles. The first-order valence-electron chi connectivity index (χ1n) is 12.0. The van der Waals surface area contributed by atoms with Crippen molar-refractivity contribution in [2.24, 2.45) is 0 Å². The molecule has 1 aliphatic heterocycles. The van der Waals surface area contributed by atoms with Crippen molar-refractivity contribution in [3.8, 4) is 17.2 Å². The molecule has 0 N–H and O–H groups in total. The highest BCUT2D eigenvalue weighted by Crippen LogP contribution is 2.40. The van der Waals surface area contributed by atoms with Crippen LogP contribution in [0, 0.1) is 10.5 Å². The number of ether oxygens (including phenoxy) is 5. The molecule has 1 aliphatic rings. The van der Waals surface area contributed by atoms with Gasteiger partial charge in [-0.3, -0.25) is 0 Å². The molecule has 2 aromatic carbocycles. The Morgan fingerprint density at radius 2 is 2.00 bits per heavy atom. The minimum absolute atomic E-state index is 0.380. The van der Waals surface area contributed by atoms with Crippen molar-refractivity contribution >= 4 is 28.6 Å². The Kier molecular flexibility index (Phi) is 9.61. The highest BCUT2D eigenvalue weighted by atomic mass is 127. The quantitative estimate of drug-likeness (QED) is 0.117. The zero-order chi connectivity index (χ0) is 25.6. The lowest BCUT2D eigenvalue weighted by Gasteiger charge is -2.33. The fourth-order valence-electron chi connectivity index (χ4n) is 4.02. The van der Waals surface area contributed by atoms with E-state index in [0.717, 1.165) is 39.7 Å². The lowest BCUT2D eigenvalue weighted by atomic mass is 10.0. The monoisotopic (exact) mass is 594 g/mol. The van der Waals surface area contributed by atoms with E-state index in [1.165, 1.54) is 0 Å². The third-order valence-corrected chi connectivity index (χ3v) is 7.15. The molecule has 6 nitrogen and oxygen atoms in total. The van der Waals surface area contributed by atoms with E-state index in [2.05, 4.69) is 36.1 Å². The van der Waals surface area contributed by atoms with Crippen molar-refractivity contribution in [3.63, 3.8) is 0 Å². The van der Waals surface area contributed by atoms with E-state index in [9.17, 15) is 4.79 Å². The van der Waals surface area contributed by atoms with Crippen LogP contribution in [0.2, 0.25) is 0 Å². The summed E-state index contributed by atoms with van der Waals surface area (Å²) in [5.74, 6) is 0.712. The molecule has 0 radical (unpaired) electrons. The fourth-order valence-corrected chi connectivity index (χ4v) is 4.73. The van der Waals surface area contributed by atoms with Crippen LogP contribution in [0.4, 0.5) is 0 Å². The maximum Gasteiger partial charge on any atom is 0.342 e. The summed E-state index contributed by atoms with van der Waals surface area (Å²) in [4.78, 5) is 13.4. The standard InChI is InChI=1S/C28H35IO6/c1-7-9-10-13-22(20(8-2)31-6)34-27(30)25-18(3)12-11-14-23(25)33-24-16-15-21-19(26(24)29)17-32-28(4,5)35-21/h8,11-12,14-16,20,22H,2,7,9-10,13,17H2,1,3-6H3/t20-,22+/m1/s1. The molecular weight excluding hydrogens is 559 g/mol. The topological polar surface area (TPSA) is 63.2 Å². The molecule has 3 rings (SSSR count). The van der Waals surface area contributed by atoms with Crippen molar-refractivity contribution in [1.29, 1.82) is 0 Å². The maximum atomic E-state index is 13.4. The van der Waals surface area contributed by atoms with Crippen LogP contribution in [0.5, 0.6) is 17.2 Å². The molecule has 2 atom stereocenters. The second-order valence-corrected chi connectivity index (χ2v) is 10.1. The molecule has 0 spiro atoms. The highest BCUT2D eigenvalue weighted by Gasteiger charge is 2.30. The van der Waals surface area contributed by atoms with Gasteiger partial charge in [-0.25, -0.2) is 4.79 Å². The van der Waals surface area contributed by atoms with Crippen LogP contribution in [0.15, 0.2) is 43.0 Å². The summed E-state index contributed by atoms with van der Waals surface area (Å²) in [6.45, 7) is 12.0. The number of fused-ring (bicyclic) bond motifs is 1. The van der Waals surface area contributed by atoms with E-state index in [-0.39, 0.29) is 6.10 Å². The van der Waals surface area contributed by atoms with Gasteiger partial charge in [-0.2, -0.15) is 0 Å². The Bertz CT molecular complexity index is 1050. The summed E-state index contributed by atoms with van der Waals surface area (Å²) < 4.78 is 30.4. The third kappa shape index (κ3) is 6.77. The third-order valence-electron chi connectivity index (χ3n) is 5.96. The summed E-state index contributed by atoms with van der Waals surface area (Å²) in [5.41, 5.74) is 2.09. The number of hydrogen-bond acceptors (Lipinski definition) is 6. The minimum Gasteiger partial charge on any atom is -0.463 e. The molecule has 1 heterocycles. The van der Waals surface area contributed by atoms with Crippen molar-refractivity contribution in [3.05, 3.63) is 63.2 Å². The largest absolute Gasteiger partial charge is 0.463 e. The van der Waals surface area contributed by atoms with Gasteiger partial charge in [-0.15, -0.1) is 6.58 Å². The zero-order valence-electron chi connectivity index (χ0n) is 21.2. The Morgan fingerprint density at radius 3 is 2.69 bits per heavy atom. The number of carbonyl (C=O) groups is 1. The second-order valence-electron chi connectivity index (χ2n) is 9.07. The lowest BCUT2D eigenvalue weighted by Crippen LogP contribution is -2.35. The number of benzene rings is 2. The van der Waals surface area contributed by atoms with Crippen LogP contribution in [0.25, 0.3) is 0 Å². The number of unbranched alkanes of at least 4 members (excludes halogenated alkanes) is 2. The number of hydrogen-bond donors (Lipinski definition) is 0. The highest BCUT2D eigenvalue weighted by molar-refractivity contribution is 14.1. The van der Waals surface area contributed by atoms with Crippen molar-refractivity contribution in [2.75, 3.05) is 7.11 Å². The van der Waals surface area contributed by atoms with Crippen molar-refractivity contribution in [2.45, 2.75) is 78.0 Å². The molecule has 0 amide bonds. The van der Waals surface area contributed by atoms with Gasteiger partial charge in [0.15, 0.2) is 0 Å². The maximum absolute atomic E-state index is 13.4. The van der Waals surface area contributed by atoms with Gasteiger partial charge < -0.3 is 23.7 Å². The summed E-state index contributed by atoms with van der Waals surface area (Å²) in [5, 5.41) is 0.